The number of carbonyl (C=O) groups is 1. The van der Waals surface area contributed by atoms with Gasteiger partial charge < -0.3 is 14.6 Å². The average Bonchev–Trinajstić information content (AvgIpc) is 3.10. The van der Waals surface area contributed by atoms with Gasteiger partial charge in [0.05, 0.1) is 5.41 Å². The van der Waals surface area contributed by atoms with Crippen LogP contribution in [0.3, 0.4) is 0 Å². The highest BCUT2D eigenvalue weighted by Crippen LogP contribution is 2.56. The van der Waals surface area contributed by atoms with Crippen LogP contribution in [0.25, 0.3) is 0 Å². The van der Waals surface area contributed by atoms with Crippen LogP contribution in [0.15, 0.2) is 12.1 Å². The van der Waals surface area contributed by atoms with E-state index in [0.717, 1.165) is 0 Å². The van der Waals surface area contributed by atoms with E-state index in [1.54, 1.807) is 12.1 Å². The molecule has 1 aliphatic heterocycles. The first-order valence-electron chi connectivity index (χ1n) is 5.47. The smallest absolute Gasteiger partial charge is 0.314 e. The van der Waals surface area contributed by atoms with Gasteiger partial charge in [-0.25, -0.2) is 0 Å². The Hall–Kier alpha value is -1.42. The number of hydrogen-bond donors (Lipinski definition) is 1. The summed E-state index contributed by atoms with van der Waals surface area (Å²) in [6.45, 7) is 0.907. The summed E-state index contributed by atoms with van der Waals surface area (Å²) in [5.74, 6) is 0.244. The number of hydrogen-bond acceptors (Lipinski definition) is 3. The van der Waals surface area contributed by atoms with Crippen LogP contribution in [-0.2, 0) is 10.2 Å². The summed E-state index contributed by atoms with van der Waals surface area (Å²) < 4.78 is 11.0. The molecule has 0 radical (unpaired) electrons. The Kier molecular flexibility index (Phi) is 2.23. The maximum absolute atomic E-state index is 11.4. The summed E-state index contributed by atoms with van der Waals surface area (Å²) in [6, 6.07) is 3.39. The van der Waals surface area contributed by atoms with Gasteiger partial charge >= 0.3 is 5.97 Å². The first-order chi connectivity index (χ1) is 8.15. The standard InChI is InChI=1S/C12H11ClO4/c13-7-1-2-8-10(17-6-5-16-8)9(7)12(3-4-12)11(14)15/h1-2H,3-6H2,(H,14,15). The van der Waals surface area contributed by atoms with Crippen LogP contribution in [0.5, 0.6) is 11.5 Å². The Balaban J connectivity index is 2.18. The Morgan fingerprint density at radius 1 is 1.29 bits per heavy atom. The number of fused-ring (bicyclic) bond motifs is 1. The van der Waals surface area contributed by atoms with E-state index < -0.39 is 11.4 Å². The molecule has 1 aliphatic carbocycles. The lowest BCUT2D eigenvalue weighted by Gasteiger charge is -2.24. The SMILES string of the molecule is O=C(O)C1(c2c(Cl)ccc3c2OCCO3)CC1. The van der Waals surface area contributed by atoms with E-state index in [1.165, 1.54) is 0 Å². The molecule has 4 nitrogen and oxygen atoms in total. The molecule has 1 fully saturated rings. The van der Waals surface area contributed by atoms with Crippen LogP contribution in [0.4, 0.5) is 0 Å². The monoisotopic (exact) mass is 254 g/mol. The predicted octanol–water partition coefficient (Wildman–Crippen LogP) is 2.23. The molecule has 5 heteroatoms. The van der Waals surface area contributed by atoms with Crippen molar-refractivity contribution in [3.63, 3.8) is 0 Å². The van der Waals surface area contributed by atoms with Gasteiger partial charge in [0.1, 0.15) is 13.2 Å². The summed E-state index contributed by atoms with van der Waals surface area (Å²) in [7, 11) is 0. The lowest BCUT2D eigenvalue weighted by molar-refractivity contribution is -0.140. The number of benzene rings is 1. The largest absolute Gasteiger partial charge is 0.486 e. The Morgan fingerprint density at radius 3 is 2.65 bits per heavy atom. The van der Waals surface area contributed by atoms with E-state index in [4.69, 9.17) is 21.1 Å². The van der Waals surface area contributed by atoms with Crippen LogP contribution in [-0.4, -0.2) is 24.3 Å². The normalized spacial score (nSPS) is 19.8. The molecule has 1 aromatic rings. The van der Waals surface area contributed by atoms with E-state index in [9.17, 15) is 9.90 Å². The first kappa shape index (κ1) is 10.7. The highest BCUT2D eigenvalue weighted by atomic mass is 35.5. The van der Waals surface area contributed by atoms with Crippen LogP contribution < -0.4 is 9.47 Å². The van der Waals surface area contributed by atoms with Gasteiger partial charge in [-0.05, 0) is 25.0 Å². The molecule has 17 heavy (non-hydrogen) atoms. The second-order valence-electron chi connectivity index (χ2n) is 4.33. The van der Waals surface area contributed by atoms with Crippen molar-refractivity contribution in [2.24, 2.45) is 0 Å². The van der Waals surface area contributed by atoms with Gasteiger partial charge in [0.25, 0.3) is 0 Å². The van der Waals surface area contributed by atoms with Gasteiger partial charge in [0.15, 0.2) is 11.5 Å². The molecule has 1 heterocycles. The lowest BCUT2D eigenvalue weighted by atomic mass is 9.94. The minimum atomic E-state index is -0.872. The summed E-state index contributed by atoms with van der Waals surface area (Å²) in [4.78, 5) is 11.4. The van der Waals surface area contributed by atoms with Crippen LogP contribution in [0.2, 0.25) is 5.02 Å². The second-order valence-corrected chi connectivity index (χ2v) is 4.74. The number of carboxylic acids is 1. The molecule has 1 saturated carbocycles. The molecule has 1 aromatic carbocycles. The van der Waals surface area contributed by atoms with Crippen LogP contribution in [0.1, 0.15) is 18.4 Å². The minimum absolute atomic E-state index is 0.427. The van der Waals surface area contributed by atoms with Crippen LogP contribution in [0, 0.1) is 0 Å². The summed E-state index contributed by atoms with van der Waals surface area (Å²) in [5, 5.41) is 9.77. The zero-order chi connectivity index (χ0) is 12.0. The third-order valence-electron chi connectivity index (χ3n) is 3.30. The average molecular weight is 255 g/mol. The van der Waals surface area contributed by atoms with Gasteiger partial charge in [-0.15, -0.1) is 0 Å². The van der Waals surface area contributed by atoms with E-state index in [-0.39, 0.29) is 0 Å². The summed E-state index contributed by atoms with van der Waals surface area (Å²) >= 11 is 6.13. The fourth-order valence-electron chi connectivity index (χ4n) is 2.23. The van der Waals surface area contributed by atoms with Crippen molar-refractivity contribution in [3.05, 3.63) is 22.7 Å². The second kappa shape index (κ2) is 3.53. The number of rotatable bonds is 2. The molecule has 0 spiro atoms. The van der Waals surface area contributed by atoms with Gasteiger partial charge in [-0.3, -0.25) is 4.79 Å². The van der Waals surface area contributed by atoms with E-state index in [1.807, 2.05) is 0 Å². The van der Waals surface area contributed by atoms with Crippen molar-refractivity contribution >= 4 is 17.6 Å². The Morgan fingerprint density at radius 2 is 2.00 bits per heavy atom. The van der Waals surface area contributed by atoms with Gasteiger partial charge in [-0.2, -0.15) is 0 Å². The molecule has 2 aliphatic rings. The number of halogens is 1. The van der Waals surface area contributed by atoms with Gasteiger partial charge in [0, 0.05) is 10.6 Å². The van der Waals surface area contributed by atoms with Crippen molar-refractivity contribution in [3.8, 4) is 11.5 Å². The molecule has 0 atom stereocenters. The van der Waals surface area contributed by atoms with Crippen molar-refractivity contribution < 1.29 is 19.4 Å². The molecule has 3 rings (SSSR count). The lowest BCUT2D eigenvalue weighted by Crippen LogP contribution is -2.24. The van der Waals surface area contributed by atoms with Gasteiger partial charge in [0.2, 0.25) is 0 Å². The first-order valence-corrected chi connectivity index (χ1v) is 5.85. The van der Waals surface area contributed by atoms with Gasteiger partial charge in [-0.1, -0.05) is 11.6 Å². The molecule has 1 N–H and O–H groups in total. The van der Waals surface area contributed by atoms with Crippen molar-refractivity contribution in [2.75, 3.05) is 13.2 Å². The molecule has 90 valence electrons. The van der Waals surface area contributed by atoms with Crippen molar-refractivity contribution in [1.82, 2.24) is 0 Å². The highest BCUT2D eigenvalue weighted by molar-refractivity contribution is 6.32. The number of aliphatic carboxylic acids is 1. The maximum atomic E-state index is 11.4. The molecular weight excluding hydrogens is 244 g/mol. The third-order valence-corrected chi connectivity index (χ3v) is 3.61. The van der Waals surface area contributed by atoms with Crippen molar-refractivity contribution in [2.45, 2.75) is 18.3 Å². The fourth-order valence-corrected chi connectivity index (χ4v) is 2.56. The highest BCUT2D eigenvalue weighted by Gasteiger charge is 2.55. The van der Waals surface area contributed by atoms with Crippen LogP contribution >= 0.6 is 11.6 Å². The molecule has 0 bridgehead atoms. The minimum Gasteiger partial charge on any atom is -0.486 e. The summed E-state index contributed by atoms with van der Waals surface area (Å²) in [5.41, 5.74) is -0.299. The Labute approximate surface area is 103 Å². The quantitative estimate of drug-likeness (QED) is 0.879. The fraction of sp³-hybridized carbons (Fsp3) is 0.417. The third kappa shape index (κ3) is 1.47. The Bertz CT molecular complexity index is 494. The van der Waals surface area contributed by atoms with E-state index in [2.05, 4.69) is 0 Å². The van der Waals surface area contributed by atoms with E-state index >= 15 is 0 Å². The number of carboxylic acid groups (broad SMARTS) is 1. The topological polar surface area (TPSA) is 55.8 Å². The molecule has 0 aromatic heterocycles. The predicted molar refractivity (Wildman–Crippen MR) is 61.0 cm³/mol. The molecule has 0 unspecified atom stereocenters. The number of ether oxygens (including phenoxy) is 2. The zero-order valence-electron chi connectivity index (χ0n) is 9.03. The summed E-state index contributed by atoms with van der Waals surface area (Å²) in [6.07, 6.45) is 1.20. The van der Waals surface area contributed by atoms with Crippen molar-refractivity contribution in [1.29, 1.82) is 0 Å². The zero-order valence-corrected chi connectivity index (χ0v) is 9.79. The molecule has 0 amide bonds. The maximum Gasteiger partial charge on any atom is 0.314 e. The molecular formula is C12H11ClO4. The van der Waals surface area contributed by atoms with E-state index in [0.29, 0.717) is 48.1 Å². The molecule has 0 saturated heterocycles.